The molecule has 0 saturated carbocycles. The predicted molar refractivity (Wildman–Crippen MR) is 71.5 cm³/mol. The van der Waals surface area contributed by atoms with E-state index in [1.54, 1.807) is 4.52 Å². The van der Waals surface area contributed by atoms with E-state index in [0.717, 1.165) is 17.0 Å². The van der Waals surface area contributed by atoms with E-state index >= 15 is 0 Å². The number of hydrogen-bond donors (Lipinski definition) is 1. The number of fused-ring (bicyclic) bond motifs is 1. The molecule has 0 aliphatic carbocycles. The molecule has 0 amide bonds. The van der Waals surface area contributed by atoms with Crippen LogP contribution in [0.4, 0.5) is 0 Å². The highest BCUT2D eigenvalue weighted by molar-refractivity contribution is 7.91. The van der Waals surface area contributed by atoms with E-state index in [2.05, 4.69) is 10.1 Å². The van der Waals surface area contributed by atoms with Crippen LogP contribution in [0.1, 0.15) is 30.1 Å². The number of hydrogen-bond acceptors (Lipinski definition) is 5. The van der Waals surface area contributed by atoms with E-state index in [1.165, 1.54) is 0 Å². The average molecular weight is 280 g/mol. The van der Waals surface area contributed by atoms with E-state index in [4.69, 9.17) is 5.73 Å². The third kappa shape index (κ3) is 2.48. The van der Waals surface area contributed by atoms with Crippen LogP contribution in [-0.2, 0) is 16.4 Å². The highest BCUT2D eigenvalue weighted by Gasteiger charge is 2.27. The molecule has 0 radical (unpaired) electrons. The zero-order chi connectivity index (χ0) is 13.5. The fourth-order valence-electron chi connectivity index (χ4n) is 2.39. The molecule has 1 fully saturated rings. The van der Waals surface area contributed by atoms with Gasteiger partial charge in [0.05, 0.1) is 11.5 Å². The third-order valence-corrected chi connectivity index (χ3v) is 5.29. The predicted octanol–water partition coefficient (Wildman–Crippen LogP) is 0.480. The molecule has 3 heterocycles. The van der Waals surface area contributed by atoms with Gasteiger partial charge < -0.3 is 5.73 Å². The molecule has 2 N–H and O–H groups in total. The standard InChI is InChI=1S/C12H16N4O2S/c13-8-9-1-4-16-11(7-9)14-12(15-16)10-2-5-19(17,18)6-3-10/h1,4,7,10H,2-3,5-6,8,13H2. The quantitative estimate of drug-likeness (QED) is 0.864. The van der Waals surface area contributed by atoms with Crippen molar-refractivity contribution in [2.75, 3.05) is 11.5 Å². The first-order valence-corrected chi connectivity index (χ1v) is 8.15. The van der Waals surface area contributed by atoms with Gasteiger partial charge in [-0.2, -0.15) is 5.10 Å². The van der Waals surface area contributed by atoms with Crippen LogP contribution in [0.5, 0.6) is 0 Å². The van der Waals surface area contributed by atoms with Gasteiger partial charge >= 0.3 is 0 Å². The lowest BCUT2D eigenvalue weighted by atomic mass is 10.0. The maximum absolute atomic E-state index is 11.4. The van der Waals surface area contributed by atoms with Crippen LogP contribution >= 0.6 is 0 Å². The van der Waals surface area contributed by atoms with Crippen LogP contribution < -0.4 is 5.73 Å². The van der Waals surface area contributed by atoms with Crippen LogP contribution in [0, 0.1) is 0 Å². The second-order valence-corrected chi connectivity index (χ2v) is 7.24. The summed E-state index contributed by atoms with van der Waals surface area (Å²) in [7, 11) is -2.84. The Kier molecular flexibility index (Phi) is 3.02. The number of nitrogens with zero attached hydrogens (tertiary/aromatic N) is 3. The lowest BCUT2D eigenvalue weighted by molar-refractivity contribution is 0.537. The topological polar surface area (TPSA) is 90.4 Å². The highest BCUT2D eigenvalue weighted by atomic mass is 32.2. The largest absolute Gasteiger partial charge is 0.326 e. The van der Waals surface area contributed by atoms with Crippen LogP contribution in [0.3, 0.4) is 0 Å². The van der Waals surface area contributed by atoms with E-state index in [-0.39, 0.29) is 17.4 Å². The summed E-state index contributed by atoms with van der Waals surface area (Å²) in [6.07, 6.45) is 3.07. The minimum absolute atomic E-state index is 0.143. The number of pyridine rings is 1. The molecule has 2 aromatic heterocycles. The van der Waals surface area contributed by atoms with Crippen molar-refractivity contribution in [2.45, 2.75) is 25.3 Å². The summed E-state index contributed by atoms with van der Waals surface area (Å²) in [5, 5.41) is 4.43. The third-order valence-electron chi connectivity index (χ3n) is 3.57. The SMILES string of the molecule is NCc1ccn2nc(C3CCS(=O)(=O)CC3)nc2c1. The molecular formula is C12H16N4O2S. The van der Waals surface area contributed by atoms with Gasteiger partial charge in [-0.25, -0.2) is 17.9 Å². The van der Waals surface area contributed by atoms with Crippen molar-refractivity contribution in [3.05, 3.63) is 29.7 Å². The Morgan fingerprint density at radius 3 is 2.79 bits per heavy atom. The number of rotatable bonds is 2. The van der Waals surface area contributed by atoms with Crippen molar-refractivity contribution in [3.8, 4) is 0 Å². The zero-order valence-corrected chi connectivity index (χ0v) is 11.3. The average Bonchev–Trinajstić information content (AvgIpc) is 2.81. The van der Waals surface area contributed by atoms with E-state index < -0.39 is 9.84 Å². The number of aromatic nitrogens is 3. The summed E-state index contributed by atoms with van der Waals surface area (Å²) in [6, 6.07) is 3.83. The fourth-order valence-corrected chi connectivity index (χ4v) is 3.88. The summed E-state index contributed by atoms with van der Waals surface area (Å²) >= 11 is 0. The molecule has 3 rings (SSSR count). The summed E-state index contributed by atoms with van der Waals surface area (Å²) in [4.78, 5) is 4.49. The fraction of sp³-hybridized carbons (Fsp3) is 0.500. The first-order valence-electron chi connectivity index (χ1n) is 6.33. The Balaban J connectivity index is 1.89. The van der Waals surface area contributed by atoms with Gasteiger partial charge in [0.1, 0.15) is 9.84 Å². The Morgan fingerprint density at radius 2 is 2.11 bits per heavy atom. The van der Waals surface area contributed by atoms with Crippen molar-refractivity contribution < 1.29 is 8.42 Å². The van der Waals surface area contributed by atoms with Crippen LogP contribution in [0.15, 0.2) is 18.3 Å². The number of nitrogens with two attached hydrogens (primary N) is 1. The number of sulfone groups is 1. The molecule has 2 aromatic rings. The Morgan fingerprint density at radius 1 is 1.37 bits per heavy atom. The van der Waals surface area contributed by atoms with Crippen molar-refractivity contribution in [1.82, 2.24) is 14.6 Å². The molecule has 102 valence electrons. The molecular weight excluding hydrogens is 264 g/mol. The molecule has 6 nitrogen and oxygen atoms in total. The lowest BCUT2D eigenvalue weighted by Crippen LogP contribution is -2.22. The molecule has 0 spiro atoms. The first-order chi connectivity index (χ1) is 9.07. The molecule has 0 unspecified atom stereocenters. The first kappa shape index (κ1) is 12.6. The van der Waals surface area contributed by atoms with E-state index in [9.17, 15) is 8.42 Å². The van der Waals surface area contributed by atoms with Gasteiger partial charge in [-0.1, -0.05) is 0 Å². The Labute approximate surface area is 111 Å². The summed E-state index contributed by atoms with van der Waals surface area (Å²) in [5.74, 6) is 1.36. The minimum Gasteiger partial charge on any atom is -0.326 e. The Bertz CT molecular complexity index is 694. The van der Waals surface area contributed by atoms with Crippen molar-refractivity contribution >= 4 is 15.5 Å². The van der Waals surface area contributed by atoms with Gasteiger partial charge in [0.25, 0.3) is 0 Å². The normalized spacial score (nSPS) is 19.8. The molecule has 1 aliphatic heterocycles. The molecule has 1 aliphatic rings. The van der Waals surface area contributed by atoms with Crippen molar-refractivity contribution in [1.29, 1.82) is 0 Å². The monoisotopic (exact) mass is 280 g/mol. The van der Waals surface area contributed by atoms with Crippen LogP contribution in [-0.4, -0.2) is 34.5 Å². The maximum atomic E-state index is 11.4. The van der Waals surface area contributed by atoms with Crippen molar-refractivity contribution in [3.63, 3.8) is 0 Å². The summed E-state index contributed by atoms with van der Waals surface area (Å²) in [5.41, 5.74) is 7.38. The molecule has 0 bridgehead atoms. The van der Waals surface area contributed by atoms with Gasteiger partial charge in [0.2, 0.25) is 0 Å². The second kappa shape index (κ2) is 4.57. The summed E-state index contributed by atoms with van der Waals surface area (Å²) in [6.45, 7) is 0.473. The highest BCUT2D eigenvalue weighted by Crippen LogP contribution is 2.27. The molecule has 19 heavy (non-hydrogen) atoms. The van der Waals surface area contributed by atoms with Gasteiger partial charge in [-0.15, -0.1) is 0 Å². The Hall–Kier alpha value is -1.47. The summed E-state index contributed by atoms with van der Waals surface area (Å²) < 4.78 is 24.6. The maximum Gasteiger partial charge on any atom is 0.155 e. The van der Waals surface area contributed by atoms with Crippen LogP contribution in [0.25, 0.3) is 5.65 Å². The van der Waals surface area contributed by atoms with Gasteiger partial charge in [-0.05, 0) is 30.5 Å². The molecule has 1 saturated heterocycles. The van der Waals surface area contributed by atoms with Gasteiger partial charge in [-0.3, -0.25) is 0 Å². The van der Waals surface area contributed by atoms with Gasteiger partial charge in [0.15, 0.2) is 11.5 Å². The smallest absolute Gasteiger partial charge is 0.155 e. The van der Waals surface area contributed by atoms with Crippen LogP contribution in [0.2, 0.25) is 0 Å². The second-order valence-electron chi connectivity index (χ2n) is 4.94. The zero-order valence-electron chi connectivity index (χ0n) is 10.5. The molecule has 7 heteroatoms. The molecule has 0 aromatic carbocycles. The van der Waals surface area contributed by atoms with Gasteiger partial charge in [0, 0.05) is 18.7 Å². The van der Waals surface area contributed by atoms with E-state index in [0.29, 0.717) is 19.4 Å². The van der Waals surface area contributed by atoms with Crippen molar-refractivity contribution in [2.24, 2.45) is 5.73 Å². The molecule has 0 atom stereocenters. The minimum atomic E-state index is -2.84. The lowest BCUT2D eigenvalue weighted by Gasteiger charge is -2.18. The van der Waals surface area contributed by atoms with E-state index in [1.807, 2.05) is 18.3 Å².